The lowest BCUT2D eigenvalue weighted by molar-refractivity contribution is 0.106. The summed E-state index contributed by atoms with van der Waals surface area (Å²) in [5.41, 5.74) is 9.09. The summed E-state index contributed by atoms with van der Waals surface area (Å²) in [5, 5.41) is 0. The van der Waals surface area contributed by atoms with Gasteiger partial charge in [-0.25, -0.2) is 0 Å². The molecule has 1 heteroatoms. The van der Waals surface area contributed by atoms with Gasteiger partial charge >= 0.3 is 0 Å². The van der Waals surface area contributed by atoms with E-state index in [1.807, 2.05) is 0 Å². The van der Waals surface area contributed by atoms with Crippen molar-refractivity contribution >= 4 is 0 Å². The topological polar surface area (TPSA) is 26.0 Å². The molecule has 1 aromatic rings. The van der Waals surface area contributed by atoms with Gasteiger partial charge in [0.2, 0.25) is 0 Å². The first-order valence-corrected chi connectivity index (χ1v) is 6.34. The van der Waals surface area contributed by atoms with Crippen molar-refractivity contribution in [1.29, 1.82) is 0 Å². The molecule has 1 fully saturated rings. The summed E-state index contributed by atoms with van der Waals surface area (Å²) in [6.07, 6.45) is 2.54. The first-order chi connectivity index (χ1) is 7.57. The van der Waals surface area contributed by atoms with Crippen molar-refractivity contribution in [3.05, 3.63) is 35.4 Å². The van der Waals surface area contributed by atoms with E-state index in [2.05, 4.69) is 45.0 Å². The van der Waals surface area contributed by atoms with Crippen LogP contribution in [0.5, 0.6) is 0 Å². The molecule has 1 aliphatic rings. The molecule has 0 spiro atoms. The van der Waals surface area contributed by atoms with Crippen LogP contribution in [0.1, 0.15) is 37.8 Å². The van der Waals surface area contributed by atoms with E-state index in [4.69, 9.17) is 5.73 Å². The molecule has 2 rings (SSSR count). The van der Waals surface area contributed by atoms with Crippen LogP contribution < -0.4 is 5.73 Å². The van der Waals surface area contributed by atoms with Gasteiger partial charge in [-0.15, -0.1) is 0 Å². The van der Waals surface area contributed by atoms with Crippen LogP contribution in [0.4, 0.5) is 0 Å². The van der Waals surface area contributed by atoms with Crippen molar-refractivity contribution in [2.45, 2.75) is 39.0 Å². The number of hydrogen-bond acceptors (Lipinski definition) is 1. The molecule has 1 aromatic carbocycles. The Kier molecular flexibility index (Phi) is 3.07. The Labute approximate surface area is 99.0 Å². The van der Waals surface area contributed by atoms with Crippen LogP contribution in [0.3, 0.4) is 0 Å². The Morgan fingerprint density at radius 1 is 1.38 bits per heavy atom. The van der Waals surface area contributed by atoms with Crippen LogP contribution in [0.25, 0.3) is 0 Å². The van der Waals surface area contributed by atoms with Gasteiger partial charge in [-0.05, 0) is 37.2 Å². The lowest BCUT2D eigenvalue weighted by Crippen LogP contribution is -2.48. The van der Waals surface area contributed by atoms with Gasteiger partial charge in [-0.1, -0.05) is 43.7 Å². The molecule has 0 amide bonds. The van der Waals surface area contributed by atoms with Gasteiger partial charge < -0.3 is 5.73 Å². The van der Waals surface area contributed by atoms with E-state index in [-0.39, 0.29) is 5.41 Å². The third-order valence-electron chi connectivity index (χ3n) is 4.27. The molecule has 0 aliphatic heterocycles. The van der Waals surface area contributed by atoms with Crippen LogP contribution in [0.15, 0.2) is 24.3 Å². The third-order valence-corrected chi connectivity index (χ3v) is 4.27. The van der Waals surface area contributed by atoms with Crippen LogP contribution in [0, 0.1) is 18.8 Å². The van der Waals surface area contributed by atoms with Gasteiger partial charge in [-0.2, -0.15) is 0 Å². The summed E-state index contributed by atoms with van der Waals surface area (Å²) in [6.45, 7) is 7.59. The van der Waals surface area contributed by atoms with Gasteiger partial charge in [-0.3, -0.25) is 0 Å². The molecule has 0 aromatic heterocycles. The van der Waals surface area contributed by atoms with E-state index in [0.717, 1.165) is 18.4 Å². The highest BCUT2D eigenvalue weighted by atomic mass is 14.6. The number of hydrogen-bond donors (Lipinski definition) is 1. The van der Waals surface area contributed by atoms with Gasteiger partial charge in [0.05, 0.1) is 0 Å². The molecule has 0 atom stereocenters. The third kappa shape index (κ3) is 1.89. The monoisotopic (exact) mass is 217 g/mol. The summed E-state index contributed by atoms with van der Waals surface area (Å²) in [5.74, 6) is 1.66. The molecule has 2 N–H and O–H groups in total. The van der Waals surface area contributed by atoms with E-state index >= 15 is 0 Å². The van der Waals surface area contributed by atoms with Gasteiger partial charge in [0.25, 0.3) is 0 Å². The second kappa shape index (κ2) is 4.21. The summed E-state index contributed by atoms with van der Waals surface area (Å²) in [4.78, 5) is 0. The van der Waals surface area contributed by atoms with Crippen molar-refractivity contribution in [2.24, 2.45) is 17.6 Å². The maximum absolute atomic E-state index is 6.01. The minimum Gasteiger partial charge on any atom is -0.330 e. The van der Waals surface area contributed by atoms with E-state index in [1.165, 1.54) is 24.0 Å². The van der Waals surface area contributed by atoms with Crippen LogP contribution in [0.2, 0.25) is 0 Å². The SMILES string of the molecule is Cc1cccc(C2(CN)CC(C(C)C)C2)c1. The van der Waals surface area contributed by atoms with Crippen LogP contribution in [-0.4, -0.2) is 6.54 Å². The second-order valence-corrected chi connectivity index (χ2v) is 5.77. The lowest BCUT2D eigenvalue weighted by atomic mass is 9.56. The summed E-state index contributed by atoms with van der Waals surface area (Å²) in [7, 11) is 0. The first-order valence-electron chi connectivity index (χ1n) is 6.34. The van der Waals surface area contributed by atoms with Gasteiger partial charge in [0, 0.05) is 12.0 Å². The van der Waals surface area contributed by atoms with E-state index in [0.29, 0.717) is 0 Å². The first kappa shape index (κ1) is 11.7. The second-order valence-electron chi connectivity index (χ2n) is 5.77. The number of rotatable bonds is 3. The molecule has 1 saturated carbocycles. The molecule has 0 heterocycles. The van der Waals surface area contributed by atoms with Gasteiger partial charge in [0.1, 0.15) is 0 Å². The Balaban J connectivity index is 2.19. The smallest absolute Gasteiger partial charge is 0.00811 e. The normalized spacial score (nSPS) is 29.2. The average molecular weight is 217 g/mol. The highest BCUT2D eigenvalue weighted by Crippen LogP contribution is 2.50. The predicted molar refractivity (Wildman–Crippen MR) is 69.5 cm³/mol. The molecule has 1 aliphatic carbocycles. The number of aryl methyl sites for hydroxylation is 1. The highest BCUT2D eigenvalue weighted by molar-refractivity contribution is 5.33. The zero-order valence-corrected chi connectivity index (χ0v) is 10.7. The maximum Gasteiger partial charge on any atom is 0.00811 e. The van der Waals surface area contributed by atoms with Crippen molar-refractivity contribution in [1.82, 2.24) is 0 Å². The Morgan fingerprint density at radius 3 is 2.56 bits per heavy atom. The number of nitrogens with two attached hydrogens (primary N) is 1. The lowest BCUT2D eigenvalue weighted by Gasteiger charge is -2.49. The quantitative estimate of drug-likeness (QED) is 0.826. The van der Waals surface area contributed by atoms with Gasteiger partial charge in [0.15, 0.2) is 0 Å². The van der Waals surface area contributed by atoms with Crippen molar-refractivity contribution in [3.63, 3.8) is 0 Å². The van der Waals surface area contributed by atoms with Crippen molar-refractivity contribution in [3.8, 4) is 0 Å². The van der Waals surface area contributed by atoms with E-state index < -0.39 is 0 Å². The zero-order chi connectivity index (χ0) is 11.8. The van der Waals surface area contributed by atoms with E-state index in [1.54, 1.807) is 0 Å². The zero-order valence-electron chi connectivity index (χ0n) is 10.7. The minimum atomic E-state index is 0.279. The van der Waals surface area contributed by atoms with Crippen molar-refractivity contribution in [2.75, 3.05) is 6.54 Å². The fraction of sp³-hybridized carbons (Fsp3) is 0.600. The summed E-state index contributed by atoms with van der Waals surface area (Å²) in [6, 6.07) is 8.87. The average Bonchev–Trinajstić information content (AvgIpc) is 2.16. The molecular formula is C15H23N. The highest BCUT2D eigenvalue weighted by Gasteiger charge is 2.45. The molecule has 0 unspecified atom stereocenters. The predicted octanol–water partition coefficient (Wildman–Crippen LogP) is 3.26. The van der Waals surface area contributed by atoms with Crippen LogP contribution >= 0.6 is 0 Å². The van der Waals surface area contributed by atoms with E-state index in [9.17, 15) is 0 Å². The molecule has 1 nitrogen and oxygen atoms in total. The molecular weight excluding hydrogens is 194 g/mol. The fourth-order valence-electron chi connectivity index (χ4n) is 2.91. The molecule has 0 bridgehead atoms. The fourth-order valence-corrected chi connectivity index (χ4v) is 2.91. The molecule has 16 heavy (non-hydrogen) atoms. The summed E-state index contributed by atoms with van der Waals surface area (Å²) >= 11 is 0. The molecule has 0 radical (unpaired) electrons. The summed E-state index contributed by atoms with van der Waals surface area (Å²) < 4.78 is 0. The number of benzene rings is 1. The minimum absolute atomic E-state index is 0.279. The Hall–Kier alpha value is -0.820. The standard InChI is InChI=1S/C15H23N/c1-11(2)13-8-15(9-13,10-16)14-6-4-5-12(3)7-14/h4-7,11,13H,8-10,16H2,1-3H3. The molecule has 88 valence electrons. The Bertz CT molecular complexity index is 361. The molecule has 0 saturated heterocycles. The van der Waals surface area contributed by atoms with Crippen LogP contribution in [-0.2, 0) is 5.41 Å². The Morgan fingerprint density at radius 2 is 2.06 bits per heavy atom. The maximum atomic E-state index is 6.01. The van der Waals surface area contributed by atoms with Crippen molar-refractivity contribution < 1.29 is 0 Å². The largest absolute Gasteiger partial charge is 0.330 e.